The molecule has 28 heavy (non-hydrogen) atoms. The summed E-state index contributed by atoms with van der Waals surface area (Å²) >= 11 is 0. The maximum atomic E-state index is 12.4. The highest BCUT2D eigenvalue weighted by Gasteiger charge is 2.17. The van der Waals surface area contributed by atoms with Gasteiger partial charge in [-0.25, -0.2) is 4.98 Å². The predicted molar refractivity (Wildman–Crippen MR) is 112 cm³/mol. The lowest BCUT2D eigenvalue weighted by Gasteiger charge is -2.23. The number of nitrogens with zero attached hydrogens (tertiary/aromatic N) is 2. The second-order valence-electron chi connectivity index (χ2n) is 7.50. The van der Waals surface area contributed by atoms with Gasteiger partial charge in [-0.05, 0) is 53.4 Å². The fraction of sp³-hybridized carbons (Fsp3) is 0.174. The standard InChI is InChI=1S/C23H22N4O/c1-23(2,3)19-6-4-5-7-20(19)26-18-12-13-21(25-15-18)22(28)27-17-10-8-16(14-24)9-11-17/h4-13,15,26H,1-3H3,(H,27,28). The molecule has 0 aliphatic carbocycles. The fourth-order valence-corrected chi connectivity index (χ4v) is 2.83. The Morgan fingerprint density at radius 2 is 1.64 bits per heavy atom. The average Bonchev–Trinajstić information content (AvgIpc) is 2.69. The minimum atomic E-state index is -0.300. The molecule has 0 radical (unpaired) electrons. The molecule has 0 saturated heterocycles. The van der Waals surface area contributed by atoms with E-state index in [-0.39, 0.29) is 11.3 Å². The Morgan fingerprint density at radius 1 is 0.964 bits per heavy atom. The molecule has 3 aromatic rings. The quantitative estimate of drug-likeness (QED) is 0.658. The van der Waals surface area contributed by atoms with Crippen molar-refractivity contribution in [1.82, 2.24) is 4.98 Å². The predicted octanol–water partition coefficient (Wildman–Crippen LogP) is 5.25. The van der Waals surface area contributed by atoms with E-state index < -0.39 is 0 Å². The van der Waals surface area contributed by atoms with Crippen molar-refractivity contribution < 1.29 is 4.79 Å². The van der Waals surface area contributed by atoms with Gasteiger partial charge >= 0.3 is 0 Å². The largest absolute Gasteiger partial charge is 0.354 e. The van der Waals surface area contributed by atoms with E-state index in [1.807, 2.05) is 30.3 Å². The Bertz CT molecular complexity index is 1010. The normalized spacial score (nSPS) is 10.8. The number of hydrogen-bond donors (Lipinski definition) is 2. The van der Waals surface area contributed by atoms with E-state index in [1.165, 1.54) is 5.56 Å². The lowest BCUT2D eigenvalue weighted by atomic mass is 9.86. The molecule has 3 rings (SSSR count). The van der Waals surface area contributed by atoms with Gasteiger partial charge in [0.05, 0.1) is 23.5 Å². The zero-order valence-electron chi connectivity index (χ0n) is 16.2. The number of pyridine rings is 1. The van der Waals surface area contributed by atoms with Gasteiger partial charge < -0.3 is 10.6 Å². The number of carbonyl (C=O) groups is 1. The molecule has 0 aliphatic rings. The van der Waals surface area contributed by atoms with Crippen LogP contribution in [0.3, 0.4) is 0 Å². The molecule has 1 aromatic heterocycles. The first-order chi connectivity index (χ1) is 13.4. The summed E-state index contributed by atoms with van der Waals surface area (Å²) in [4.78, 5) is 16.6. The molecule has 0 aliphatic heterocycles. The van der Waals surface area contributed by atoms with Gasteiger partial charge in [-0.2, -0.15) is 5.26 Å². The highest BCUT2D eigenvalue weighted by atomic mass is 16.1. The van der Waals surface area contributed by atoms with Crippen molar-refractivity contribution in [3.05, 3.63) is 83.7 Å². The third-order valence-corrected chi connectivity index (χ3v) is 4.28. The fourth-order valence-electron chi connectivity index (χ4n) is 2.83. The number of amides is 1. The SMILES string of the molecule is CC(C)(C)c1ccccc1Nc1ccc(C(=O)Nc2ccc(C#N)cc2)nc1. The topological polar surface area (TPSA) is 77.8 Å². The molecule has 5 heteroatoms. The number of nitrogens with one attached hydrogen (secondary N) is 2. The molecule has 2 aromatic carbocycles. The molecule has 2 N–H and O–H groups in total. The third kappa shape index (κ3) is 4.54. The van der Waals surface area contributed by atoms with Gasteiger partial charge in [0.1, 0.15) is 5.69 Å². The summed E-state index contributed by atoms with van der Waals surface area (Å²) < 4.78 is 0. The molecule has 0 fully saturated rings. The summed E-state index contributed by atoms with van der Waals surface area (Å²) in [5.74, 6) is -0.300. The van der Waals surface area contributed by atoms with Crippen LogP contribution in [0, 0.1) is 11.3 Å². The lowest BCUT2D eigenvalue weighted by molar-refractivity contribution is 0.102. The molecule has 1 heterocycles. The molecule has 1 amide bonds. The average molecular weight is 370 g/mol. The van der Waals surface area contributed by atoms with Gasteiger partial charge in [-0.1, -0.05) is 39.0 Å². The van der Waals surface area contributed by atoms with Crippen molar-refractivity contribution >= 4 is 23.0 Å². The van der Waals surface area contributed by atoms with E-state index >= 15 is 0 Å². The molecule has 0 atom stereocenters. The molecular weight excluding hydrogens is 348 g/mol. The second kappa shape index (κ2) is 7.93. The van der Waals surface area contributed by atoms with Crippen LogP contribution in [0.15, 0.2) is 66.9 Å². The molecule has 0 spiro atoms. The van der Waals surface area contributed by atoms with Crippen molar-refractivity contribution in [2.75, 3.05) is 10.6 Å². The first-order valence-electron chi connectivity index (χ1n) is 9.01. The summed E-state index contributed by atoms with van der Waals surface area (Å²) in [6.07, 6.45) is 1.65. The Morgan fingerprint density at radius 3 is 2.25 bits per heavy atom. The monoisotopic (exact) mass is 370 g/mol. The van der Waals surface area contributed by atoms with Crippen LogP contribution in [-0.4, -0.2) is 10.9 Å². The van der Waals surface area contributed by atoms with Crippen molar-refractivity contribution in [2.45, 2.75) is 26.2 Å². The van der Waals surface area contributed by atoms with Crippen LogP contribution in [-0.2, 0) is 5.41 Å². The highest BCUT2D eigenvalue weighted by Crippen LogP contribution is 2.31. The Labute approximate surface area is 165 Å². The van der Waals surface area contributed by atoms with Crippen LogP contribution >= 0.6 is 0 Å². The van der Waals surface area contributed by atoms with E-state index in [1.54, 1.807) is 36.5 Å². The second-order valence-corrected chi connectivity index (χ2v) is 7.50. The summed E-state index contributed by atoms with van der Waals surface area (Å²) in [6, 6.07) is 20.4. The zero-order valence-corrected chi connectivity index (χ0v) is 16.2. The number of aromatic nitrogens is 1. The number of rotatable bonds is 4. The third-order valence-electron chi connectivity index (χ3n) is 4.28. The van der Waals surface area contributed by atoms with Crippen LogP contribution in [0.1, 0.15) is 42.4 Å². The maximum Gasteiger partial charge on any atom is 0.274 e. The first kappa shape index (κ1) is 19.1. The van der Waals surface area contributed by atoms with Gasteiger partial charge in [0, 0.05) is 11.4 Å². The van der Waals surface area contributed by atoms with Crippen LogP contribution in [0.2, 0.25) is 0 Å². The smallest absolute Gasteiger partial charge is 0.274 e. The van der Waals surface area contributed by atoms with Crippen molar-refractivity contribution in [2.24, 2.45) is 0 Å². The van der Waals surface area contributed by atoms with Crippen LogP contribution < -0.4 is 10.6 Å². The van der Waals surface area contributed by atoms with Gasteiger partial charge in [0.15, 0.2) is 0 Å². The van der Waals surface area contributed by atoms with Crippen LogP contribution in [0.25, 0.3) is 0 Å². The number of carbonyl (C=O) groups excluding carboxylic acids is 1. The minimum absolute atomic E-state index is 0.0118. The number of anilines is 3. The first-order valence-corrected chi connectivity index (χ1v) is 9.01. The molecule has 0 bridgehead atoms. The molecule has 0 unspecified atom stereocenters. The molecule has 0 saturated carbocycles. The number of para-hydroxylation sites is 1. The molecule has 5 nitrogen and oxygen atoms in total. The minimum Gasteiger partial charge on any atom is -0.354 e. The van der Waals surface area contributed by atoms with Gasteiger partial charge in [0.2, 0.25) is 0 Å². The van der Waals surface area contributed by atoms with E-state index in [0.717, 1.165) is 11.4 Å². The van der Waals surface area contributed by atoms with Gasteiger partial charge in [-0.15, -0.1) is 0 Å². The van der Waals surface area contributed by atoms with Crippen molar-refractivity contribution in [3.63, 3.8) is 0 Å². The Hall–Kier alpha value is -3.65. The van der Waals surface area contributed by atoms with Crippen molar-refractivity contribution in [3.8, 4) is 6.07 Å². The van der Waals surface area contributed by atoms with E-state index in [9.17, 15) is 4.79 Å². The van der Waals surface area contributed by atoms with E-state index in [2.05, 4.69) is 42.5 Å². The Kier molecular flexibility index (Phi) is 5.42. The summed E-state index contributed by atoms with van der Waals surface area (Å²) in [5.41, 5.74) is 4.53. The maximum absolute atomic E-state index is 12.4. The molecule has 140 valence electrons. The van der Waals surface area contributed by atoms with E-state index in [4.69, 9.17) is 5.26 Å². The summed E-state index contributed by atoms with van der Waals surface area (Å²) in [5, 5.41) is 15.0. The van der Waals surface area contributed by atoms with E-state index in [0.29, 0.717) is 16.9 Å². The summed E-state index contributed by atoms with van der Waals surface area (Å²) in [7, 11) is 0. The van der Waals surface area contributed by atoms with Crippen LogP contribution in [0.5, 0.6) is 0 Å². The lowest BCUT2D eigenvalue weighted by Crippen LogP contribution is -2.14. The van der Waals surface area contributed by atoms with Crippen molar-refractivity contribution in [1.29, 1.82) is 5.26 Å². The number of benzene rings is 2. The Balaban J connectivity index is 1.71. The number of nitriles is 1. The van der Waals surface area contributed by atoms with Crippen LogP contribution in [0.4, 0.5) is 17.1 Å². The summed E-state index contributed by atoms with van der Waals surface area (Å²) in [6.45, 7) is 6.51. The van der Waals surface area contributed by atoms with Gasteiger partial charge in [-0.3, -0.25) is 4.79 Å². The van der Waals surface area contributed by atoms with Gasteiger partial charge in [0.25, 0.3) is 5.91 Å². The number of hydrogen-bond acceptors (Lipinski definition) is 4. The molecular formula is C23H22N4O. The highest BCUT2D eigenvalue weighted by molar-refractivity contribution is 6.03. The zero-order chi connectivity index (χ0) is 20.1.